The molecule has 0 radical (unpaired) electrons. The quantitative estimate of drug-likeness (QED) is 0.609. The van der Waals surface area contributed by atoms with Crippen LogP contribution in [0.5, 0.6) is 5.75 Å². The second-order valence-corrected chi connectivity index (χ2v) is 6.23. The van der Waals surface area contributed by atoms with E-state index in [1.165, 1.54) is 0 Å². The molecule has 0 saturated carbocycles. The number of rotatable bonds is 3. The molecule has 0 unspecified atom stereocenters. The molecule has 0 saturated heterocycles. The van der Waals surface area contributed by atoms with Gasteiger partial charge in [0.2, 0.25) is 0 Å². The van der Waals surface area contributed by atoms with Crippen LogP contribution >= 0.6 is 46.0 Å². The highest BCUT2D eigenvalue weighted by Crippen LogP contribution is 2.39. The Hall–Kier alpha value is -0.590. The molecule has 2 aromatic rings. The molecule has 2 aromatic carbocycles. The Labute approximate surface area is 129 Å². The zero-order valence-corrected chi connectivity index (χ0v) is 13.3. The van der Waals surface area contributed by atoms with E-state index in [1.54, 1.807) is 18.9 Å². The lowest BCUT2D eigenvalue weighted by atomic mass is 10.3. The highest BCUT2D eigenvalue weighted by atomic mass is 127. The molecule has 0 fully saturated rings. The number of anilines is 1. The molecule has 94 valence electrons. The second-order valence-electron chi connectivity index (χ2n) is 3.55. The summed E-state index contributed by atoms with van der Waals surface area (Å²) in [5, 5.41) is 0.738. The minimum Gasteiger partial charge on any atom is -0.495 e. The number of nitrogen functional groups attached to an aromatic ring is 1. The molecule has 0 spiro atoms. The minimum atomic E-state index is 0.663. The summed E-state index contributed by atoms with van der Waals surface area (Å²) in [5.41, 5.74) is 6.71. The van der Waals surface area contributed by atoms with E-state index < -0.39 is 0 Å². The SMILES string of the molecule is COc1cccc(Sc2ccc(Cl)cc2I)c1N. The molecule has 5 heteroatoms. The predicted octanol–water partition coefficient (Wildman–Crippen LogP) is 4.69. The number of hydrogen-bond acceptors (Lipinski definition) is 3. The number of methoxy groups -OCH3 is 1. The largest absolute Gasteiger partial charge is 0.495 e. The molecule has 0 atom stereocenters. The van der Waals surface area contributed by atoms with Gasteiger partial charge in [0.25, 0.3) is 0 Å². The van der Waals surface area contributed by atoms with Crippen molar-refractivity contribution in [3.63, 3.8) is 0 Å². The smallest absolute Gasteiger partial charge is 0.142 e. The predicted molar refractivity (Wildman–Crippen MR) is 85.7 cm³/mol. The van der Waals surface area contributed by atoms with Gasteiger partial charge in [-0.1, -0.05) is 29.4 Å². The maximum atomic E-state index is 6.05. The van der Waals surface area contributed by atoms with Crippen molar-refractivity contribution in [2.75, 3.05) is 12.8 Å². The van der Waals surface area contributed by atoms with Crippen molar-refractivity contribution in [2.45, 2.75) is 9.79 Å². The van der Waals surface area contributed by atoms with Crippen LogP contribution in [-0.4, -0.2) is 7.11 Å². The summed E-state index contributed by atoms with van der Waals surface area (Å²) in [7, 11) is 1.62. The van der Waals surface area contributed by atoms with Crippen molar-refractivity contribution < 1.29 is 4.74 Å². The fourth-order valence-corrected chi connectivity index (χ4v) is 3.56. The highest BCUT2D eigenvalue weighted by Gasteiger charge is 2.09. The van der Waals surface area contributed by atoms with E-state index in [4.69, 9.17) is 22.1 Å². The average molecular weight is 392 g/mol. The molecule has 0 aliphatic rings. The van der Waals surface area contributed by atoms with Gasteiger partial charge in [0, 0.05) is 18.4 Å². The van der Waals surface area contributed by atoms with Gasteiger partial charge in [0.1, 0.15) is 5.75 Å². The summed E-state index contributed by atoms with van der Waals surface area (Å²) in [6.07, 6.45) is 0. The van der Waals surface area contributed by atoms with Gasteiger partial charge in [-0.25, -0.2) is 0 Å². The van der Waals surface area contributed by atoms with Crippen molar-refractivity contribution >= 4 is 51.6 Å². The van der Waals surface area contributed by atoms with E-state index in [0.717, 1.165) is 18.4 Å². The molecule has 2 nitrogen and oxygen atoms in total. The van der Waals surface area contributed by atoms with Crippen molar-refractivity contribution in [3.05, 3.63) is 45.0 Å². The average Bonchev–Trinajstić information content (AvgIpc) is 2.35. The van der Waals surface area contributed by atoms with E-state index >= 15 is 0 Å². The van der Waals surface area contributed by atoms with Gasteiger partial charge >= 0.3 is 0 Å². The van der Waals surface area contributed by atoms with Crippen LogP contribution in [0, 0.1) is 3.57 Å². The maximum Gasteiger partial charge on any atom is 0.142 e. The summed E-state index contributed by atoms with van der Waals surface area (Å²) in [5.74, 6) is 0.698. The van der Waals surface area contributed by atoms with E-state index in [2.05, 4.69) is 22.6 Å². The Balaban J connectivity index is 2.34. The zero-order valence-electron chi connectivity index (χ0n) is 9.61. The standard InChI is InChI=1S/C13H11ClINOS/c1-17-10-3-2-4-12(13(10)16)18-11-6-5-8(14)7-9(11)15/h2-7H,16H2,1H3. The number of halogens is 2. The molecular formula is C13H11ClINOS. The van der Waals surface area contributed by atoms with Gasteiger partial charge in [-0.2, -0.15) is 0 Å². The summed E-state index contributed by atoms with van der Waals surface area (Å²) in [6.45, 7) is 0. The Kier molecular flexibility index (Phi) is 4.64. The lowest BCUT2D eigenvalue weighted by Crippen LogP contribution is -1.94. The summed E-state index contributed by atoms with van der Waals surface area (Å²) in [4.78, 5) is 2.11. The fraction of sp³-hybridized carbons (Fsp3) is 0.0769. The third kappa shape index (κ3) is 3.05. The van der Waals surface area contributed by atoms with Crippen LogP contribution in [0.2, 0.25) is 5.02 Å². The third-order valence-electron chi connectivity index (χ3n) is 2.36. The van der Waals surface area contributed by atoms with Crippen molar-refractivity contribution in [2.24, 2.45) is 0 Å². The molecule has 0 aromatic heterocycles. The molecule has 18 heavy (non-hydrogen) atoms. The third-order valence-corrected chi connectivity index (χ3v) is 5.01. The number of hydrogen-bond donors (Lipinski definition) is 1. The van der Waals surface area contributed by atoms with Crippen LogP contribution in [0.4, 0.5) is 5.69 Å². The summed E-state index contributed by atoms with van der Waals surface area (Å²) in [6, 6.07) is 11.6. The van der Waals surface area contributed by atoms with Gasteiger partial charge in [0.05, 0.1) is 12.8 Å². The van der Waals surface area contributed by atoms with Crippen LogP contribution in [0.1, 0.15) is 0 Å². The number of nitrogens with two attached hydrogens (primary N) is 1. The van der Waals surface area contributed by atoms with E-state index in [-0.39, 0.29) is 0 Å². The van der Waals surface area contributed by atoms with Crippen LogP contribution in [0.15, 0.2) is 46.2 Å². The summed E-state index contributed by atoms with van der Waals surface area (Å²) >= 11 is 9.81. The van der Waals surface area contributed by atoms with Gasteiger partial charge in [-0.15, -0.1) is 0 Å². The number of benzene rings is 2. The topological polar surface area (TPSA) is 35.2 Å². The normalized spacial score (nSPS) is 10.4. The Morgan fingerprint density at radius 2 is 2.00 bits per heavy atom. The highest BCUT2D eigenvalue weighted by molar-refractivity contribution is 14.1. The summed E-state index contributed by atoms with van der Waals surface area (Å²) < 4.78 is 6.32. The van der Waals surface area contributed by atoms with Crippen LogP contribution in [0.25, 0.3) is 0 Å². The molecule has 2 rings (SSSR count). The molecule has 0 aliphatic heterocycles. The zero-order chi connectivity index (χ0) is 13.1. The van der Waals surface area contributed by atoms with Gasteiger partial charge in [0.15, 0.2) is 0 Å². The van der Waals surface area contributed by atoms with Crippen LogP contribution < -0.4 is 10.5 Å². The van der Waals surface area contributed by atoms with Crippen molar-refractivity contribution in [1.29, 1.82) is 0 Å². The first-order chi connectivity index (χ1) is 8.61. The Bertz CT molecular complexity index is 577. The molecule has 2 N–H and O–H groups in total. The van der Waals surface area contributed by atoms with Gasteiger partial charge in [-0.05, 0) is 52.9 Å². The monoisotopic (exact) mass is 391 g/mol. The molecule has 0 aliphatic carbocycles. The molecular weight excluding hydrogens is 381 g/mol. The van der Waals surface area contributed by atoms with Crippen molar-refractivity contribution in [1.82, 2.24) is 0 Å². The maximum absolute atomic E-state index is 6.05. The van der Waals surface area contributed by atoms with Crippen molar-refractivity contribution in [3.8, 4) is 5.75 Å². The molecule has 0 bridgehead atoms. The van der Waals surface area contributed by atoms with E-state index in [9.17, 15) is 0 Å². The first kappa shape index (κ1) is 13.8. The lowest BCUT2D eigenvalue weighted by molar-refractivity contribution is 0.416. The molecule has 0 amide bonds. The van der Waals surface area contributed by atoms with Crippen LogP contribution in [-0.2, 0) is 0 Å². The fourth-order valence-electron chi connectivity index (χ4n) is 1.47. The number of para-hydroxylation sites is 1. The first-order valence-corrected chi connectivity index (χ1v) is 7.44. The Morgan fingerprint density at radius 3 is 2.67 bits per heavy atom. The van der Waals surface area contributed by atoms with Gasteiger partial charge in [-0.3, -0.25) is 0 Å². The Morgan fingerprint density at radius 1 is 1.22 bits per heavy atom. The molecule has 0 heterocycles. The van der Waals surface area contributed by atoms with E-state index in [0.29, 0.717) is 11.4 Å². The second kappa shape index (κ2) is 6.04. The number of ether oxygens (including phenoxy) is 1. The van der Waals surface area contributed by atoms with Gasteiger partial charge < -0.3 is 10.5 Å². The minimum absolute atomic E-state index is 0.663. The first-order valence-electron chi connectivity index (χ1n) is 5.17. The van der Waals surface area contributed by atoms with Crippen LogP contribution in [0.3, 0.4) is 0 Å². The van der Waals surface area contributed by atoms with E-state index in [1.807, 2.05) is 36.4 Å². The lowest BCUT2D eigenvalue weighted by Gasteiger charge is -2.10.